The van der Waals surface area contributed by atoms with Crippen molar-refractivity contribution < 1.29 is 45.8 Å². The lowest BCUT2D eigenvalue weighted by molar-refractivity contribution is -0.261. The van der Waals surface area contributed by atoms with Gasteiger partial charge in [-0.2, -0.15) is 15.0 Å². The number of rotatable bonds is 27. The van der Waals surface area contributed by atoms with Gasteiger partial charge in [-0.15, -0.1) is 0 Å². The molecule has 3 aliphatic carbocycles. The van der Waals surface area contributed by atoms with Crippen LogP contribution in [0.2, 0.25) is 0 Å². The third-order valence-electron chi connectivity index (χ3n) is 24.7. The average molecular weight is 1760 g/mol. The fourth-order valence-corrected chi connectivity index (χ4v) is 21.3. The van der Waals surface area contributed by atoms with Gasteiger partial charge in [0.1, 0.15) is 17.5 Å². The maximum absolute atomic E-state index is 19.3. The van der Waals surface area contributed by atoms with E-state index in [4.69, 9.17) is 41.8 Å². The second-order valence-corrected chi connectivity index (χ2v) is 41.7. The van der Waals surface area contributed by atoms with E-state index in [1.807, 2.05) is 145 Å². The van der Waals surface area contributed by atoms with Gasteiger partial charge in [0.05, 0.1) is 16.6 Å². The molecule has 128 heavy (non-hydrogen) atoms. The SMILES string of the molecule is Cc1cnc(Nc2ccc(C(=O)NC3CCC3)cc2)nc1Nc1ccc2oc(=O)n(C(OP(=O)(OC(n3c(=O)oc4ccc(Nc5nc(Nc6ccc(C(=O)NC7CCC7)cc6)ncc5C)cc43)(C(C)(C)C)C(C)(C)C)OC(n3c(=O)oc4ccc(Nc5nc(Nc6ccc(C(=O)NC7CCC7)cc6)ncc5C)cc43)(C(C)(C)C)C(C)(C)C)(C(C)(C)C)C(C)(C)C)c2c1. The van der Waals surface area contributed by atoms with Crippen molar-refractivity contribution in [2.24, 2.45) is 32.5 Å². The number of phosphoric ester groups is 1. The third-order valence-corrected chi connectivity index (χ3v) is 26.2. The third kappa shape index (κ3) is 17.4. The number of benzene rings is 6. The number of carbonyl (C=O) groups is 3. The van der Waals surface area contributed by atoms with E-state index in [9.17, 15) is 14.4 Å². The predicted molar refractivity (Wildman–Crippen MR) is 498 cm³/mol. The summed E-state index contributed by atoms with van der Waals surface area (Å²) < 4.78 is 66.6. The molecule has 3 amide bonds. The first-order chi connectivity index (χ1) is 60.1. The highest BCUT2D eigenvalue weighted by Gasteiger charge is 2.69. The molecule has 32 heteroatoms. The smallest absolute Gasteiger partial charge is 0.408 e. The van der Waals surface area contributed by atoms with Crippen molar-refractivity contribution in [2.45, 2.75) is 238 Å². The Bertz CT molecular complexity index is 5810. The first-order valence-electron chi connectivity index (χ1n) is 43.7. The molecule has 6 heterocycles. The van der Waals surface area contributed by atoms with E-state index >= 15 is 18.9 Å². The summed E-state index contributed by atoms with van der Waals surface area (Å²) in [5, 5.41) is 29.5. The number of oxazole rings is 3. The number of carbonyl (C=O) groups excluding carboxylic acids is 3. The van der Waals surface area contributed by atoms with Crippen molar-refractivity contribution in [2.75, 3.05) is 31.9 Å². The first-order valence-corrected chi connectivity index (χ1v) is 45.2. The van der Waals surface area contributed by atoms with Crippen LogP contribution in [-0.2, 0) is 35.3 Å². The number of hydrogen-bond donors (Lipinski definition) is 9. The van der Waals surface area contributed by atoms with Crippen molar-refractivity contribution in [1.82, 2.24) is 59.6 Å². The maximum Gasteiger partial charge on any atom is 0.481 e. The minimum atomic E-state index is -6.02. The summed E-state index contributed by atoms with van der Waals surface area (Å²) >= 11 is 0. The molecule has 3 fully saturated rings. The number of nitrogens with one attached hydrogen (secondary N) is 9. The van der Waals surface area contributed by atoms with Crippen LogP contribution in [0.3, 0.4) is 0 Å². The zero-order chi connectivity index (χ0) is 92.0. The zero-order valence-electron chi connectivity index (χ0n) is 76.7. The Balaban J connectivity index is 0.869. The topological polar surface area (TPSA) is 387 Å². The quantitative estimate of drug-likeness (QED) is 0.0216. The van der Waals surface area contributed by atoms with Gasteiger partial charge in [0.2, 0.25) is 17.8 Å². The summed E-state index contributed by atoms with van der Waals surface area (Å²) in [5.74, 6) is -1.35. The van der Waals surface area contributed by atoms with E-state index in [1.165, 1.54) is 13.7 Å². The largest absolute Gasteiger partial charge is 0.481 e. The molecule has 12 aromatic rings. The highest BCUT2D eigenvalue weighted by Crippen LogP contribution is 2.73. The molecular formula is C96H117N18O13P. The Morgan fingerprint density at radius 1 is 0.344 bits per heavy atom. The minimum Gasteiger partial charge on any atom is -0.408 e. The molecule has 0 bridgehead atoms. The van der Waals surface area contributed by atoms with Crippen LogP contribution < -0.4 is 65.1 Å². The van der Waals surface area contributed by atoms with Gasteiger partial charge < -0.3 is 61.1 Å². The van der Waals surface area contributed by atoms with Gasteiger partial charge in [0, 0.05) is 137 Å². The van der Waals surface area contributed by atoms with Gasteiger partial charge in [-0.05, 0) is 206 Å². The standard InChI is InChI=1S/C96H117N18O13P/c1-55-52-97-82(106-64-37-31-58(32-38-64)79(115)103-61-25-22-26-61)109-76(55)100-67-43-46-73-70(49-67)112(85(118)122-73)94(88(4,5)6,89(7,8)9)125-128(121,126-95(90(10,11)12,91(13,14)15)113-71-50-68(44-47-74(71)123-86(113)119)101-77-56(2)53-98-83(110-77)107-65-39-33-59(34-40-65)80(116)104-62-27-23-28-62)127-96(92(16,17)18,93(19,20)21)114-72-51-69(45-48-75(72)124-87(114)120)102-78-57(3)54-99-84(111-78)108-66-41-35-60(36-42-66)81(117)105-63-29-24-30-63/h31-54,61-63H,22-30H2,1-21H3,(H,103,115)(H,104,116)(H,105,117)(H2,97,100,106,109)(H2,98,101,107,110)(H2,99,102,108,111). The van der Waals surface area contributed by atoms with Gasteiger partial charge in [-0.25, -0.2) is 47.6 Å². The van der Waals surface area contributed by atoms with E-state index in [-0.39, 0.29) is 87.0 Å². The minimum absolute atomic E-state index is 0.102. The molecule has 0 atom stereocenters. The Hall–Kier alpha value is -12.3. The molecule has 3 aliphatic rings. The second-order valence-electron chi connectivity index (χ2n) is 40.3. The van der Waals surface area contributed by atoms with E-state index < -0.39 is 74.8 Å². The Morgan fingerprint density at radius 3 is 0.781 bits per heavy atom. The predicted octanol–water partition coefficient (Wildman–Crippen LogP) is 20.8. The van der Waals surface area contributed by atoms with Crippen molar-refractivity contribution in [1.29, 1.82) is 0 Å². The van der Waals surface area contributed by atoms with Gasteiger partial charge in [-0.1, -0.05) is 125 Å². The molecule has 15 rings (SSSR count). The van der Waals surface area contributed by atoms with Crippen molar-refractivity contribution in [3.05, 3.63) is 211 Å². The van der Waals surface area contributed by atoms with Crippen LogP contribution in [-0.4, -0.2) is 79.5 Å². The number of anilines is 12. The molecule has 9 N–H and O–H groups in total. The van der Waals surface area contributed by atoms with Crippen molar-refractivity contribution in [3.8, 4) is 0 Å². The zero-order valence-corrected chi connectivity index (χ0v) is 77.6. The first kappa shape index (κ1) is 90.5. The summed E-state index contributed by atoms with van der Waals surface area (Å²) in [5.41, 5.74) is -7.81. The highest BCUT2D eigenvalue weighted by atomic mass is 31.2. The Kier molecular flexibility index (Phi) is 23.8. The van der Waals surface area contributed by atoms with Gasteiger partial charge in [-0.3, -0.25) is 28.0 Å². The molecule has 0 saturated heterocycles. The van der Waals surface area contributed by atoms with Crippen LogP contribution in [0.1, 0.15) is 230 Å². The summed E-state index contributed by atoms with van der Waals surface area (Å²) in [6.45, 7) is 38.6. The Labute approximate surface area is 743 Å². The molecule has 0 radical (unpaired) electrons. The van der Waals surface area contributed by atoms with Crippen LogP contribution >= 0.6 is 7.82 Å². The monoisotopic (exact) mass is 1760 g/mol. The second kappa shape index (κ2) is 33.7. The van der Waals surface area contributed by atoms with Crippen LogP contribution in [0.5, 0.6) is 0 Å². The average Bonchev–Trinajstić information content (AvgIpc) is 1.36. The lowest BCUT2D eigenvalue weighted by Gasteiger charge is -2.59. The number of nitrogens with zero attached hydrogens (tertiary/aromatic N) is 9. The van der Waals surface area contributed by atoms with Crippen LogP contribution in [0.15, 0.2) is 174 Å². The molecular weight excluding hydrogens is 1640 g/mol. The maximum atomic E-state index is 19.3. The molecule has 0 unspecified atom stereocenters. The highest BCUT2D eigenvalue weighted by molar-refractivity contribution is 7.48. The van der Waals surface area contributed by atoms with E-state index in [1.54, 1.807) is 146 Å². The number of aromatic nitrogens is 9. The number of aryl methyl sites for hydroxylation is 3. The summed E-state index contributed by atoms with van der Waals surface area (Å²) in [7, 11) is -6.02. The van der Waals surface area contributed by atoms with E-state index in [0.717, 1.165) is 57.8 Å². The molecule has 0 aliphatic heterocycles. The number of phosphoric acid groups is 1. The molecule has 6 aromatic heterocycles. The lowest BCUT2D eigenvalue weighted by atomic mass is 9.68. The van der Waals surface area contributed by atoms with Crippen LogP contribution in [0.25, 0.3) is 33.3 Å². The van der Waals surface area contributed by atoms with Crippen molar-refractivity contribution >= 4 is 128 Å². The van der Waals surface area contributed by atoms with Gasteiger partial charge in [0.15, 0.2) is 33.9 Å². The fraction of sp³-hybridized carbons (Fsp3) is 0.438. The molecule has 3 saturated carbocycles. The van der Waals surface area contributed by atoms with Crippen LogP contribution in [0.4, 0.5) is 69.4 Å². The van der Waals surface area contributed by atoms with Gasteiger partial charge >= 0.3 is 25.1 Å². The van der Waals surface area contributed by atoms with Crippen molar-refractivity contribution in [3.63, 3.8) is 0 Å². The number of amides is 3. The summed E-state index contributed by atoms with van der Waals surface area (Å²) in [6.07, 6.45) is 14.0. The lowest BCUT2D eigenvalue weighted by Crippen LogP contribution is -2.63. The summed E-state index contributed by atoms with van der Waals surface area (Å²) in [4.78, 5) is 116. The van der Waals surface area contributed by atoms with E-state index in [0.29, 0.717) is 85.0 Å². The number of fused-ring (bicyclic) bond motifs is 3. The molecule has 6 aromatic carbocycles. The molecule has 0 spiro atoms. The van der Waals surface area contributed by atoms with Crippen LogP contribution in [0, 0.1) is 53.3 Å². The summed E-state index contributed by atoms with van der Waals surface area (Å²) in [6, 6.07) is 36.9. The van der Waals surface area contributed by atoms with E-state index in [2.05, 4.69) is 62.8 Å². The normalized spacial score (nSPS) is 14.9. The molecule has 31 nitrogen and oxygen atoms in total. The number of hydrogen-bond acceptors (Lipinski definition) is 25. The van der Waals surface area contributed by atoms with Gasteiger partial charge in [0.25, 0.3) is 17.7 Å². The molecule has 674 valence electrons. The fourth-order valence-electron chi connectivity index (χ4n) is 18.3. The Morgan fingerprint density at radius 2 is 0.570 bits per heavy atom.